The molecule has 2 atom stereocenters. The van der Waals surface area contributed by atoms with Crippen molar-refractivity contribution in [3.63, 3.8) is 0 Å². The number of carbonyl (C=O) groups is 2. The number of likely N-dealkylation sites (N-methyl/N-ethyl adjacent to an activating group) is 1. The number of piperazine rings is 1. The van der Waals surface area contributed by atoms with Crippen LogP contribution in [0.5, 0.6) is 0 Å². The van der Waals surface area contributed by atoms with Crippen LogP contribution in [0.1, 0.15) is 27.2 Å². The lowest BCUT2D eigenvalue weighted by Gasteiger charge is -2.36. The molecule has 0 radical (unpaired) electrons. The number of ether oxygens (including phenoxy) is 1. The van der Waals surface area contributed by atoms with Gasteiger partial charge in [-0.15, -0.1) is 0 Å². The summed E-state index contributed by atoms with van der Waals surface area (Å²) in [7, 11) is 0. The Labute approximate surface area is 127 Å². The molecule has 0 spiro atoms. The minimum Gasteiger partial charge on any atom is -0.461 e. The van der Waals surface area contributed by atoms with Crippen molar-refractivity contribution in [1.29, 1.82) is 0 Å². The van der Waals surface area contributed by atoms with Crippen molar-refractivity contribution >= 4 is 11.9 Å². The van der Waals surface area contributed by atoms with Crippen LogP contribution in [-0.2, 0) is 14.3 Å². The molecule has 0 saturated carbocycles. The van der Waals surface area contributed by atoms with Crippen molar-refractivity contribution in [2.24, 2.45) is 0 Å². The maximum Gasteiger partial charge on any atom is 0.323 e. The summed E-state index contributed by atoms with van der Waals surface area (Å²) in [6, 6.07) is -0.0827. The van der Waals surface area contributed by atoms with Crippen LogP contribution in [-0.4, -0.2) is 84.5 Å². The minimum atomic E-state index is -0.0878. The van der Waals surface area contributed by atoms with Crippen molar-refractivity contribution in [3.8, 4) is 0 Å². The van der Waals surface area contributed by atoms with E-state index in [2.05, 4.69) is 9.80 Å². The van der Waals surface area contributed by atoms with Crippen molar-refractivity contribution in [3.05, 3.63) is 0 Å². The van der Waals surface area contributed by atoms with E-state index in [9.17, 15) is 9.59 Å². The fourth-order valence-corrected chi connectivity index (χ4v) is 3.13. The maximum atomic E-state index is 12.1. The molecule has 2 rings (SSSR count). The summed E-state index contributed by atoms with van der Waals surface area (Å²) in [5, 5.41) is 0. The summed E-state index contributed by atoms with van der Waals surface area (Å²) in [6.45, 7) is 11.3. The molecule has 6 nitrogen and oxygen atoms in total. The van der Waals surface area contributed by atoms with Gasteiger partial charge in [0.05, 0.1) is 6.54 Å². The van der Waals surface area contributed by atoms with Crippen LogP contribution < -0.4 is 0 Å². The van der Waals surface area contributed by atoms with Crippen LogP contribution in [0.4, 0.5) is 0 Å². The van der Waals surface area contributed by atoms with E-state index in [0.29, 0.717) is 6.54 Å². The molecule has 0 bridgehead atoms. The van der Waals surface area contributed by atoms with Gasteiger partial charge in [-0.3, -0.25) is 19.4 Å². The number of hydrogen-bond donors (Lipinski definition) is 0. The van der Waals surface area contributed by atoms with Crippen molar-refractivity contribution in [2.45, 2.75) is 39.3 Å². The Morgan fingerprint density at radius 3 is 2.33 bits per heavy atom. The first kappa shape index (κ1) is 16.2. The maximum absolute atomic E-state index is 12.1. The zero-order valence-electron chi connectivity index (χ0n) is 13.4. The third-order valence-corrected chi connectivity index (χ3v) is 4.47. The lowest BCUT2D eigenvalue weighted by molar-refractivity contribution is -0.145. The molecule has 1 amide bonds. The van der Waals surface area contributed by atoms with Crippen LogP contribution in [0.2, 0.25) is 0 Å². The standard InChI is InChI=1S/C15H27N3O3/c1-4-17(5-2)14(19)11-16-6-8-18(9-7-16)13-10-12(3)21-15(13)20/h12-13H,4-11H2,1-3H3. The van der Waals surface area contributed by atoms with E-state index in [1.807, 2.05) is 25.7 Å². The van der Waals surface area contributed by atoms with E-state index >= 15 is 0 Å². The highest BCUT2D eigenvalue weighted by Gasteiger charge is 2.37. The summed E-state index contributed by atoms with van der Waals surface area (Å²) in [5.41, 5.74) is 0. The van der Waals surface area contributed by atoms with E-state index in [1.165, 1.54) is 0 Å². The Morgan fingerprint density at radius 1 is 1.24 bits per heavy atom. The Hall–Kier alpha value is -1.14. The van der Waals surface area contributed by atoms with Gasteiger partial charge in [-0.1, -0.05) is 0 Å². The third kappa shape index (κ3) is 3.95. The molecule has 2 saturated heterocycles. The molecular weight excluding hydrogens is 270 g/mol. The SMILES string of the molecule is CCN(CC)C(=O)CN1CCN(C2CC(C)OC2=O)CC1. The summed E-state index contributed by atoms with van der Waals surface area (Å²) in [5.74, 6) is 0.109. The van der Waals surface area contributed by atoms with Gasteiger partial charge < -0.3 is 9.64 Å². The molecule has 0 N–H and O–H groups in total. The lowest BCUT2D eigenvalue weighted by Crippen LogP contribution is -2.53. The molecular formula is C15H27N3O3. The van der Waals surface area contributed by atoms with Gasteiger partial charge in [-0.05, 0) is 20.8 Å². The molecule has 0 aromatic rings. The van der Waals surface area contributed by atoms with Gasteiger partial charge in [0.15, 0.2) is 0 Å². The molecule has 6 heteroatoms. The zero-order valence-corrected chi connectivity index (χ0v) is 13.4. The van der Waals surface area contributed by atoms with Gasteiger partial charge in [0.1, 0.15) is 12.1 Å². The molecule has 120 valence electrons. The first-order chi connectivity index (χ1) is 10.0. The number of hydrogen-bond acceptors (Lipinski definition) is 5. The Kier molecular flexibility index (Phi) is 5.58. The number of amides is 1. The van der Waals surface area contributed by atoms with Crippen LogP contribution >= 0.6 is 0 Å². The highest BCUT2D eigenvalue weighted by molar-refractivity contribution is 5.78. The topological polar surface area (TPSA) is 53.1 Å². The average molecular weight is 297 g/mol. The van der Waals surface area contributed by atoms with Gasteiger partial charge in [-0.2, -0.15) is 0 Å². The summed E-state index contributed by atoms with van der Waals surface area (Å²) < 4.78 is 5.22. The van der Waals surface area contributed by atoms with Gasteiger partial charge in [0, 0.05) is 45.7 Å². The first-order valence-corrected chi connectivity index (χ1v) is 7.99. The quantitative estimate of drug-likeness (QED) is 0.678. The Morgan fingerprint density at radius 2 is 1.86 bits per heavy atom. The number of carbonyl (C=O) groups excluding carboxylic acids is 2. The number of nitrogens with zero attached hydrogens (tertiary/aromatic N) is 3. The molecule has 2 unspecified atom stereocenters. The summed E-state index contributed by atoms with van der Waals surface area (Å²) >= 11 is 0. The predicted octanol–water partition coefficient (Wildman–Crippen LogP) is 0.176. The van der Waals surface area contributed by atoms with Crippen molar-refractivity contribution in [1.82, 2.24) is 14.7 Å². The molecule has 2 aliphatic rings. The molecule has 2 fully saturated rings. The highest BCUT2D eigenvalue weighted by Crippen LogP contribution is 2.21. The van der Waals surface area contributed by atoms with E-state index in [0.717, 1.165) is 45.7 Å². The molecule has 0 aliphatic carbocycles. The highest BCUT2D eigenvalue weighted by atomic mass is 16.6. The van der Waals surface area contributed by atoms with E-state index < -0.39 is 0 Å². The molecule has 0 aromatic carbocycles. The van der Waals surface area contributed by atoms with E-state index in [-0.39, 0.29) is 24.0 Å². The minimum absolute atomic E-state index is 0.0322. The van der Waals surface area contributed by atoms with Gasteiger partial charge in [-0.25, -0.2) is 0 Å². The normalized spacial score (nSPS) is 27.7. The van der Waals surface area contributed by atoms with Gasteiger partial charge in [0.2, 0.25) is 5.91 Å². The number of cyclic esters (lactones) is 1. The average Bonchev–Trinajstić information content (AvgIpc) is 2.80. The van der Waals surface area contributed by atoms with Crippen molar-refractivity contribution in [2.75, 3.05) is 45.8 Å². The van der Waals surface area contributed by atoms with E-state index in [4.69, 9.17) is 4.74 Å². The number of esters is 1. The van der Waals surface area contributed by atoms with Crippen molar-refractivity contribution < 1.29 is 14.3 Å². The second kappa shape index (κ2) is 7.22. The fraction of sp³-hybridized carbons (Fsp3) is 0.867. The largest absolute Gasteiger partial charge is 0.461 e. The number of rotatable bonds is 5. The summed E-state index contributed by atoms with van der Waals surface area (Å²) in [4.78, 5) is 30.1. The van der Waals surface area contributed by atoms with Crippen LogP contribution in [0.25, 0.3) is 0 Å². The summed E-state index contributed by atoms with van der Waals surface area (Å²) in [6.07, 6.45) is 0.821. The second-order valence-electron chi connectivity index (χ2n) is 5.88. The lowest BCUT2D eigenvalue weighted by atomic mass is 10.1. The predicted molar refractivity (Wildman–Crippen MR) is 79.9 cm³/mol. The smallest absolute Gasteiger partial charge is 0.323 e. The monoisotopic (exact) mass is 297 g/mol. The van der Waals surface area contributed by atoms with E-state index in [1.54, 1.807) is 0 Å². The Balaban J connectivity index is 1.78. The van der Waals surface area contributed by atoms with Crippen LogP contribution in [0.3, 0.4) is 0 Å². The first-order valence-electron chi connectivity index (χ1n) is 7.99. The zero-order chi connectivity index (χ0) is 15.4. The Bertz CT molecular complexity index is 376. The molecule has 0 aromatic heterocycles. The van der Waals surface area contributed by atoms with Gasteiger partial charge in [0.25, 0.3) is 0 Å². The van der Waals surface area contributed by atoms with Crippen LogP contribution in [0, 0.1) is 0 Å². The van der Waals surface area contributed by atoms with Gasteiger partial charge >= 0.3 is 5.97 Å². The molecule has 2 aliphatic heterocycles. The molecule has 2 heterocycles. The van der Waals surface area contributed by atoms with Crippen LogP contribution in [0.15, 0.2) is 0 Å². The second-order valence-corrected chi connectivity index (χ2v) is 5.88. The third-order valence-electron chi connectivity index (χ3n) is 4.47. The fourth-order valence-electron chi connectivity index (χ4n) is 3.13. The molecule has 21 heavy (non-hydrogen) atoms.